The lowest BCUT2D eigenvalue weighted by Gasteiger charge is -2.30. The lowest BCUT2D eigenvalue weighted by molar-refractivity contribution is -0.140. The summed E-state index contributed by atoms with van der Waals surface area (Å²) in [6.45, 7) is 3.95. The summed E-state index contributed by atoms with van der Waals surface area (Å²) in [5.41, 5.74) is 2.20. The summed E-state index contributed by atoms with van der Waals surface area (Å²) in [5.74, 6) is -0.401. The highest BCUT2D eigenvalue weighted by atomic mass is 35.5. The molecule has 1 unspecified atom stereocenters. The van der Waals surface area contributed by atoms with Crippen molar-refractivity contribution in [2.45, 2.75) is 71.0 Å². The van der Waals surface area contributed by atoms with Crippen molar-refractivity contribution in [1.29, 1.82) is 0 Å². The number of rotatable bonds is 11. The Labute approximate surface area is 219 Å². The van der Waals surface area contributed by atoms with Gasteiger partial charge in [-0.15, -0.1) is 0 Å². The molecule has 2 aromatic rings. The second kappa shape index (κ2) is 12.6. The van der Waals surface area contributed by atoms with E-state index in [1.807, 2.05) is 37.3 Å². The van der Waals surface area contributed by atoms with Crippen LogP contribution in [0.1, 0.15) is 56.6 Å². The van der Waals surface area contributed by atoms with Crippen molar-refractivity contribution < 1.29 is 18.0 Å². The highest BCUT2D eigenvalue weighted by Gasteiger charge is 2.29. The molecule has 1 aliphatic rings. The van der Waals surface area contributed by atoms with Crippen LogP contribution < -0.4 is 9.62 Å². The Morgan fingerprint density at radius 3 is 2.36 bits per heavy atom. The summed E-state index contributed by atoms with van der Waals surface area (Å²) in [6.07, 6.45) is 5.69. The molecule has 1 fully saturated rings. The molecule has 2 aromatic carbocycles. The minimum absolute atomic E-state index is 0.101. The SMILES string of the molecule is Cc1ccccc1N(CCCC(=O)N(Cc1ccccc1Cl)C(C)C(=O)NC1CCCC1)S(C)(=O)=O. The van der Waals surface area contributed by atoms with Crippen molar-refractivity contribution in [1.82, 2.24) is 10.2 Å². The molecule has 1 aliphatic carbocycles. The number of nitrogens with zero attached hydrogens (tertiary/aromatic N) is 2. The fraction of sp³-hybridized carbons (Fsp3) is 0.481. The maximum Gasteiger partial charge on any atom is 0.242 e. The summed E-state index contributed by atoms with van der Waals surface area (Å²) in [5, 5.41) is 3.61. The van der Waals surface area contributed by atoms with E-state index in [-0.39, 0.29) is 37.4 Å². The molecule has 7 nitrogen and oxygen atoms in total. The molecule has 196 valence electrons. The number of hydrogen-bond acceptors (Lipinski definition) is 4. The Bertz CT molecular complexity index is 1170. The van der Waals surface area contributed by atoms with Gasteiger partial charge in [0.15, 0.2) is 0 Å². The van der Waals surface area contributed by atoms with E-state index in [9.17, 15) is 18.0 Å². The smallest absolute Gasteiger partial charge is 0.242 e. The fourth-order valence-corrected chi connectivity index (χ4v) is 5.83. The first-order chi connectivity index (χ1) is 17.1. The van der Waals surface area contributed by atoms with Gasteiger partial charge in [-0.3, -0.25) is 13.9 Å². The van der Waals surface area contributed by atoms with Crippen LogP contribution in [-0.4, -0.2) is 50.0 Å². The van der Waals surface area contributed by atoms with Crippen LogP contribution in [0.15, 0.2) is 48.5 Å². The van der Waals surface area contributed by atoms with E-state index in [0.29, 0.717) is 17.1 Å². The average Bonchev–Trinajstić information content (AvgIpc) is 3.33. The molecule has 0 heterocycles. The first kappa shape index (κ1) is 28.0. The Balaban J connectivity index is 1.73. The van der Waals surface area contributed by atoms with Gasteiger partial charge >= 0.3 is 0 Å². The summed E-state index contributed by atoms with van der Waals surface area (Å²) in [4.78, 5) is 28.0. The number of amides is 2. The van der Waals surface area contributed by atoms with Crippen LogP contribution in [0.4, 0.5) is 5.69 Å². The molecular formula is C27H36ClN3O4S. The van der Waals surface area contributed by atoms with Gasteiger partial charge in [0, 0.05) is 30.6 Å². The number of sulfonamides is 1. The van der Waals surface area contributed by atoms with E-state index >= 15 is 0 Å². The molecule has 0 radical (unpaired) electrons. The fourth-order valence-electron chi connectivity index (χ4n) is 4.61. The molecule has 2 amide bonds. The Morgan fingerprint density at radius 2 is 1.72 bits per heavy atom. The van der Waals surface area contributed by atoms with Crippen LogP contribution in [0.5, 0.6) is 0 Å². The van der Waals surface area contributed by atoms with E-state index < -0.39 is 16.1 Å². The van der Waals surface area contributed by atoms with Gasteiger partial charge in [0.05, 0.1) is 11.9 Å². The van der Waals surface area contributed by atoms with Gasteiger partial charge in [0.25, 0.3) is 0 Å². The summed E-state index contributed by atoms with van der Waals surface area (Å²) >= 11 is 6.36. The zero-order valence-corrected chi connectivity index (χ0v) is 22.8. The van der Waals surface area contributed by atoms with E-state index in [1.165, 1.54) is 10.6 Å². The van der Waals surface area contributed by atoms with E-state index in [4.69, 9.17) is 11.6 Å². The predicted octanol–water partition coefficient (Wildman–Crippen LogP) is 4.67. The molecule has 3 rings (SSSR count). The topological polar surface area (TPSA) is 86.8 Å². The average molecular weight is 534 g/mol. The molecule has 1 N–H and O–H groups in total. The number of hydrogen-bond donors (Lipinski definition) is 1. The number of carbonyl (C=O) groups excluding carboxylic acids is 2. The zero-order valence-electron chi connectivity index (χ0n) is 21.2. The van der Waals surface area contributed by atoms with Gasteiger partial charge in [0.1, 0.15) is 6.04 Å². The van der Waals surface area contributed by atoms with Gasteiger partial charge in [-0.05, 0) is 56.4 Å². The summed E-state index contributed by atoms with van der Waals surface area (Å²) in [6, 6.07) is 14.0. The largest absolute Gasteiger partial charge is 0.352 e. The molecule has 0 aliphatic heterocycles. The third kappa shape index (κ3) is 7.46. The number of anilines is 1. The van der Waals surface area contributed by atoms with Crippen molar-refractivity contribution in [2.75, 3.05) is 17.1 Å². The first-order valence-electron chi connectivity index (χ1n) is 12.4. The highest BCUT2D eigenvalue weighted by Crippen LogP contribution is 2.24. The number of para-hydroxylation sites is 1. The normalized spacial score (nSPS) is 14.9. The Morgan fingerprint density at radius 1 is 1.08 bits per heavy atom. The van der Waals surface area contributed by atoms with Crippen LogP contribution in [0.3, 0.4) is 0 Å². The minimum Gasteiger partial charge on any atom is -0.352 e. The van der Waals surface area contributed by atoms with Gasteiger partial charge in [-0.2, -0.15) is 0 Å². The second-order valence-electron chi connectivity index (χ2n) is 9.50. The Kier molecular flexibility index (Phi) is 9.79. The molecule has 0 saturated heterocycles. The van der Waals surface area contributed by atoms with E-state index in [0.717, 1.165) is 36.8 Å². The van der Waals surface area contributed by atoms with Crippen molar-refractivity contribution in [2.24, 2.45) is 0 Å². The first-order valence-corrected chi connectivity index (χ1v) is 14.7. The lowest BCUT2D eigenvalue weighted by Crippen LogP contribution is -2.49. The van der Waals surface area contributed by atoms with E-state index in [2.05, 4.69) is 5.32 Å². The van der Waals surface area contributed by atoms with Crippen molar-refractivity contribution in [3.05, 3.63) is 64.7 Å². The zero-order chi connectivity index (χ0) is 26.3. The third-order valence-electron chi connectivity index (χ3n) is 6.70. The van der Waals surface area contributed by atoms with Crippen LogP contribution >= 0.6 is 11.6 Å². The number of nitrogens with one attached hydrogen (secondary N) is 1. The number of aryl methyl sites for hydroxylation is 1. The lowest BCUT2D eigenvalue weighted by atomic mass is 10.1. The maximum atomic E-state index is 13.4. The Hall–Kier alpha value is -2.58. The quantitative estimate of drug-likeness (QED) is 0.454. The molecule has 9 heteroatoms. The van der Waals surface area contributed by atoms with Crippen molar-refractivity contribution in [3.8, 4) is 0 Å². The second-order valence-corrected chi connectivity index (χ2v) is 11.8. The van der Waals surface area contributed by atoms with Gasteiger partial charge in [0.2, 0.25) is 21.8 Å². The molecular weight excluding hydrogens is 498 g/mol. The molecule has 36 heavy (non-hydrogen) atoms. The summed E-state index contributed by atoms with van der Waals surface area (Å²) < 4.78 is 26.3. The van der Waals surface area contributed by atoms with Crippen LogP contribution in [0.2, 0.25) is 5.02 Å². The highest BCUT2D eigenvalue weighted by molar-refractivity contribution is 7.92. The van der Waals surface area contributed by atoms with Crippen LogP contribution in [0, 0.1) is 6.92 Å². The van der Waals surface area contributed by atoms with E-state index in [1.54, 1.807) is 30.0 Å². The maximum absolute atomic E-state index is 13.4. The van der Waals surface area contributed by atoms with Crippen LogP contribution in [-0.2, 0) is 26.2 Å². The van der Waals surface area contributed by atoms with Gasteiger partial charge < -0.3 is 10.2 Å². The van der Waals surface area contributed by atoms with Gasteiger partial charge in [-0.25, -0.2) is 8.42 Å². The van der Waals surface area contributed by atoms with Crippen molar-refractivity contribution in [3.63, 3.8) is 0 Å². The number of carbonyl (C=O) groups is 2. The molecule has 0 aromatic heterocycles. The van der Waals surface area contributed by atoms with Crippen LogP contribution in [0.25, 0.3) is 0 Å². The molecule has 0 bridgehead atoms. The van der Waals surface area contributed by atoms with Gasteiger partial charge in [-0.1, -0.05) is 60.8 Å². The third-order valence-corrected chi connectivity index (χ3v) is 8.25. The minimum atomic E-state index is -3.53. The number of benzene rings is 2. The number of halogens is 1. The van der Waals surface area contributed by atoms with Crippen molar-refractivity contribution >= 4 is 39.1 Å². The molecule has 0 spiro atoms. The monoisotopic (exact) mass is 533 g/mol. The predicted molar refractivity (Wildman–Crippen MR) is 144 cm³/mol. The molecule has 1 atom stereocenters. The summed E-state index contributed by atoms with van der Waals surface area (Å²) in [7, 11) is -3.53. The molecule has 1 saturated carbocycles. The standard InChI is InChI=1S/C27H36ClN3O4S/c1-20-11-4-9-16-25(20)31(36(3,34)35)18-10-17-26(32)30(19-22-12-5-8-15-24(22)28)21(2)27(33)29-23-13-6-7-14-23/h4-5,8-9,11-12,15-16,21,23H,6-7,10,13-14,17-19H2,1-3H3,(H,29,33).